The molecular formula is C10H9NO4S. The minimum atomic E-state index is -3.46. The minimum absolute atomic E-state index is 0.0982. The Morgan fingerprint density at radius 1 is 1.38 bits per heavy atom. The number of aryl methyl sites for hydroxylation is 1. The maximum atomic E-state index is 10.8. The molecule has 0 aromatic heterocycles. The molecule has 84 valence electrons. The average molecular weight is 239 g/mol. The van der Waals surface area contributed by atoms with E-state index in [1.807, 2.05) is 5.25 Å². The summed E-state index contributed by atoms with van der Waals surface area (Å²) < 4.78 is 21.6. The van der Waals surface area contributed by atoms with Crippen LogP contribution in [0.4, 0.5) is 5.69 Å². The van der Waals surface area contributed by atoms with Gasteiger partial charge in [0.05, 0.1) is 11.2 Å². The lowest BCUT2D eigenvalue weighted by molar-refractivity contribution is -0.385. The molecule has 16 heavy (non-hydrogen) atoms. The fraction of sp³-hybridized carbons (Fsp3) is 0.200. The number of nitro benzene ring substituents is 1. The molecule has 0 spiro atoms. The van der Waals surface area contributed by atoms with Crippen LogP contribution in [0.15, 0.2) is 18.2 Å². The molecule has 0 radical (unpaired) electrons. The second-order valence-corrected chi connectivity index (χ2v) is 5.03. The third-order valence-corrected chi connectivity index (χ3v) is 2.19. The van der Waals surface area contributed by atoms with Gasteiger partial charge in [-0.3, -0.25) is 10.1 Å². The number of nitrogens with zero attached hydrogens (tertiary/aromatic N) is 1. The fourth-order valence-electron chi connectivity index (χ4n) is 1.05. The van der Waals surface area contributed by atoms with Crippen LogP contribution in [-0.2, 0) is 9.84 Å². The summed E-state index contributed by atoms with van der Waals surface area (Å²) in [6, 6.07) is 4.43. The number of sulfone groups is 1. The summed E-state index contributed by atoms with van der Waals surface area (Å²) in [5.41, 5.74) is 0.633. The standard InChI is InChI=1S/C10H9NO4S/c1-8-3-4-9(5-6-16(2,14)15)10(7-8)11(12)13/h3-4,7H,1-2H3. The molecular weight excluding hydrogens is 230 g/mol. The van der Waals surface area contributed by atoms with Gasteiger partial charge in [-0.25, -0.2) is 8.42 Å². The molecule has 0 aliphatic rings. The maximum absolute atomic E-state index is 10.8. The molecule has 0 unspecified atom stereocenters. The van der Waals surface area contributed by atoms with Crippen LogP contribution < -0.4 is 0 Å². The van der Waals surface area contributed by atoms with E-state index in [1.165, 1.54) is 12.1 Å². The zero-order valence-electron chi connectivity index (χ0n) is 8.72. The summed E-state index contributed by atoms with van der Waals surface area (Å²) in [5, 5.41) is 12.7. The summed E-state index contributed by atoms with van der Waals surface area (Å²) in [5.74, 6) is 2.28. The van der Waals surface area contributed by atoms with E-state index in [2.05, 4.69) is 5.92 Å². The van der Waals surface area contributed by atoms with E-state index in [1.54, 1.807) is 13.0 Å². The summed E-state index contributed by atoms with van der Waals surface area (Å²) in [6.45, 7) is 1.71. The van der Waals surface area contributed by atoms with E-state index in [4.69, 9.17) is 0 Å². The van der Waals surface area contributed by atoms with Gasteiger partial charge in [0.25, 0.3) is 5.69 Å². The summed E-state index contributed by atoms with van der Waals surface area (Å²) in [7, 11) is -3.46. The highest BCUT2D eigenvalue weighted by molar-refractivity contribution is 7.95. The minimum Gasteiger partial charge on any atom is -0.258 e. The van der Waals surface area contributed by atoms with Gasteiger partial charge in [0, 0.05) is 11.3 Å². The van der Waals surface area contributed by atoms with Crippen molar-refractivity contribution in [3.05, 3.63) is 39.4 Å². The van der Waals surface area contributed by atoms with Crippen molar-refractivity contribution in [2.24, 2.45) is 0 Å². The van der Waals surface area contributed by atoms with Gasteiger partial charge in [-0.1, -0.05) is 6.07 Å². The fourth-order valence-corrected chi connectivity index (χ4v) is 1.34. The van der Waals surface area contributed by atoms with E-state index in [0.717, 1.165) is 11.8 Å². The van der Waals surface area contributed by atoms with E-state index in [-0.39, 0.29) is 11.3 Å². The first kappa shape index (κ1) is 12.2. The van der Waals surface area contributed by atoms with Crippen molar-refractivity contribution < 1.29 is 13.3 Å². The Kier molecular flexibility index (Phi) is 3.30. The smallest absolute Gasteiger partial charge is 0.258 e. The first-order chi connectivity index (χ1) is 7.29. The Morgan fingerprint density at radius 2 is 2.00 bits per heavy atom. The zero-order chi connectivity index (χ0) is 12.3. The second-order valence-electron chi connectivity index (χ2n) is 3.28. The molecule has 1 aromatic carbocycles. The van der Waals surface area contributed by atoms with E-state index < -0.39 is 14.8 Å². The van der Waals surface area contributed by atoms with E-state index >= 15 is 0 Å². The lowest BCUT2D eigenvalue weighted by Gasteiger charge is -1.96. The summed E-state index contributed by atoms with van der Waals surface area (Å²) in [4.78, 5) is 10.1. The molecule has 0 aliphatic heterocycles. The van der Waals surface area contributed by atoms with Gasteiger partial charge < -0.3 is 0 Å². The Morgan fingerprint density at radius 3 is 2.50 bits per heavy atom. The van der Waals surface area contributed by atoms with Gasteiger partial charge in [-0.05, 0) is 24.5 Å². The highest BCUT2D eigenvalue weighted by Gasteiger charge is 2.11. The van der Waals surface area contributed by atoms with Gasteiger partial charge in [-0.15, -0.1) is 0 Å². The second kappa shape index (κ2) is 4.33. The maximum Gasteiger partial charge on any atom is 0.285 e. The Bertz CT molecular complexity index is 593. The van der Waals surface area contributed by atoms with Crippen LogP contribution in [0, 0.1) is 28.2 Å². The Labute approximate surface area is 93.2 Å². The SMILES string of the molecule is Cc1ccc(C#CS(C)(=O)=O)c([N+](=O)[O-])c1. The van der Waals surface area contributed by atoms with Crippen molar-refractivity contribution in [2.75, 3.05) is 6.26 Å². The quantitative estimate of drug-likeness (QED) is 0.420. The highest BCUT2D eigenvalue weighted by Crippen LogP contribution is 2.18. The number of benzene rings is 1. The monoisotopic (exact) mass is 239 g/mol. The molecule has 0 fully saturated rings. The third-order valence-electron chi connectivity index (χ3n) is 1.72. The van der Waals surface area contributed by atoms with Crippen molar-refractivity contribution >= 4 is 15.5 Å². The molecule has 1 aromatic rings. The Hall–Kier alpha value is -1.87. The van der Waals surface area contributed by atoms with Crippen LogP contribution in [0.2, 0.25) is 0 Å². The normalized spacial score (nSPS) is 10.4. The topological polar surface area (TPSA) is 77.3 Å². The van der Waals surface area contributed by atoms with E-state index in [9.17, 15) is 18.5 Å². The molecule has 5 nitrogen and oxygen atoms in total. The van der Waals surface area contributed by atoms with Crippen LogP contribution in [0.5, 0.6) is 0 Å². The summed E-state index contributed by atoms with van der Waals surface area (Å²) >= 11 is 0. The van der Waals surface area contributed by atoms with Gasteiger partial charge >= 0.3 is 0 Å². The predicted molar refractivity (Wildman–Crippen MR) is 59.6 cm³/mol. The van der Waals surface area contributed by atoms with Gasteiger partial charge in [0.15, 0.2) is 0 Å². The average Bonchev–Trinajstić information content (AvgIpc) is 2.14. The van der Waals surface area contributed by atoms with Gasteiger partial charge in [0.1, 0.15) is 5.56 Å². The molecule has 1 rings (SSSR count). The number of hydrogen-bond acceptors (Lipinski definition) is 4. The van der Waals surface area contributed by atoms with Gasteiger partial charge in [0.2, 0.25) is 9.84 Å². The van der Waals surface area contributed by atoms with Crippen molar-refractivity contribution in [3.63, 3.8) is 0 Å². The molecule has 0 saturated heterocycles. The first-order valence-corrected chi connectivity index (χ1v) is 6.16. The molecule has 0 aliphatic carbocycles. The first-order valence-electron chi connectivity index (χ1n) is 4.27. The van der Waals surface area contributed by atoms with Crippen LogP contribution in [0.1, 0.15) is 11.1 Å². The van der Waals surface area contributed by atoms with Crippen molar-refractivity contribution in [3.8, 4) is 11.2 Å². The lowest BCUT2D eigenvalue weighted by atomic mass is 10.1. The number of hydrogen-bond donors (Lipinski definition) is 0. The number of rotatable bonds is 1. The predicted octanol–water partition coefficient (Wildman–Crippen LogP) is 1.26. The molecule has 0 saturated carbocycles. The van der Waals surface area contributed by atoms with Crippen molar-refractivity contribution in [1.29, 1.82) is 0 Å². The molecule has 0 bridgehead atoms. The third kappa shape index (κ3) is 3.37. The van der Waals surface area contributed by atoms with Gasteiger partial charge in [-0.2, -0.15) is 0 Å². The summed E-state index contributed by atoms with van der Waals surface area (Å²) in [6.07, 6.45) is 0.944. The lowest BCUT2D eigenvalue weighted by Crippen LogP contribution is -1.94. The van der Waals surface area contributed by atoms with E-state index in [0.29, 0.717) is 0 Å². The largest absolute Gasteiger partial charge is 0.285 e. The Balaban J connectivity index is 3.33. The van der Waals surface area contributed by atoms with Crippen LogP contribution in [-0.4, -0.2) is 19.6 Å². The van der Waals surface area contributed by atoms with Crippen LogP contribution >= 0.6 is 0 Å². The van der Waals surface area contributed by atoms with Crippen LogP contribution in [0.25, 0.3) is 0 Å². The van der Waals surface area contributed by atoms with Crippen molar-refractivity contribution in [1.82, 2.24) is 0 Å². The van der Waals surface area contributed by atoms with Crippen molar-refractivity contribution in [2.45, 2.75) is 6.92 Å². The molecule has 0 heterocycles. The molecule has 0 amide bonds. The highest BCUT2D eigenvalue weighted by atomic mass is 32.2. The zero-order valence-corrected chi connectivity index (χ0v) is 9.54. The molecule has 6 heteroatoms. The number of nitro groups is 1. The molecule has 0 atom stereocenters. The van der Waals surface area contributed by atoms with Crippen LogP contribution in [0.3, 0.4) is 0 Å². The molecule has 0 N–H and O–H groups in total.